The molecule has 1 heterocycles. The van der Waals surface area contributed by atoms with Crippen molar-refractivity contribution in [1.82, 2.24) is 4.98 Å². The standard InChI is InChI=1S/C15H23N3O/c1-3-4-5-6-7-14-10-13(11-16)12-18-15(14)17-8-9-19-2/h10,12H,3-9H2,1-2H3,(H,17,18). The molecule has 0 aromatic carbocycles. The van der Waals surface area contributed by atoms with Crippen LogP contribution in [0.15, 0.2) is 12.3 Å². The van der Waals surface area contributed by atoms with E-state index in [1.165, 1.54) is 19.3 Å². The van der Waals surface area contributed by atoms with Crippen LogP contribution in [0, 0.1) is 11.3 Å². The largest absolute Gasteiger partial charge is 0.383 e. The molecule has 0 bridgehead atoms. The Bertz CT molecular complexity index is 412. The van der Waals surface area contributed by atoms with E-state index in [1.54, 1.807) is 13.3 Å². The van der Waals surface area contributed by atoms with Gasteiger partial charge in [-0.2, -0.15) is 5.26 Å². The maximum absolute atomic E-state index is 8.95. The Kier molecular flexibility index (Phi) is 7.60. The second kappa shape index (κ2) is 9.35. The van der Waals surface area contributed by atoms with Crippen molar-refractivity contribution in [2.24, 2.45) is 0 Å². The SMILES string of the molecule is CCCCCCc1cc(C#N)cnc1NCCOC. The van der Waals surface area contributed by atoms with Crippen molar-refractivity contribution in [3.05, 3.63) is 23.4 Å². The fourth-order valence-corrected chi connectivity index (χ4v) is 1.93. The molecule has 1 N–H and O–H groups in total. The van der Waals surface area contributed by atoms with Crippen LogP contribution >= 0.6 is 0 Å². The van der Waals surface area contributed by atoms with E-state index in [9.17, 15) is 0 Å². The maximum atomic E-state index is 8.95. The summed E-state index contributed by atoms with van der Waals surface area (Å²) in [6.45, 7) is 3.59. The van der Waals surface area contributed by atoms with Gasteiger partial charge in [-0.25, -0.2) is 4.98 Å². The number of nitriles is 1. The van der Waals surface area contributed by atoms with E-state index in [0.717, 1.165) is 30.8 Å². The van der Waals surface area contributed by atoms with Gasteiger partial charge < -0.3 is 10.1 Å². The zero-order chi connectivity index (χ0) is 13.9. The first kappa shape index (κ1) is 15.5. The van der Waals surface area contributed by atoms with Crippen LogP contribution in [0.4, 0.5) is 5.82 Å². The van der Waals surface area contributed by atoms with E-state index >= 15 is 0 Å². The molecule has 0 aliphatic heterocycles. The first-order valence-corrected chi connectivity index (χ1v) is 6.93. The molecule has 1 rings (SSSR count). The van der Waals surface area contributed by atoms with Crippen molar-refractivity contribution in [2.75, 3.05) is 25.6 Å². The van der Waals surface area contributed by atoms with Crippen LogP contribution in [0.5, 0.6) is 0 Å². The van der Waals surface area contributed by atoms with Gasteiger partial charge in [-0.3, -0.25) is 0 Å². The Hall–Kier alpha value is -1.60. The van der Waals surface area contributed by atoms with Crippen LogP contribution < -0.4 is 5.32 Å². The molecule has 0 radical (unpaired) electrons. The summed E-state index contributed by atoms with van der Waals surface area (Å²) in [5, 5.41) is 12.2. The molecule has 0 spiro atoms. The number of unbranched alkanes of at least 4 members (excludes halogenated alkanes) is 3. The van der Waals surface area contributed by atoms with Crippen molar-refractivity contribution in [2.45, 2.75) is 39.0 Å². The van der Waals surface area contributed by atoms with E-state index < -0.39 is 0 Å². The number of nitrogens with zero attached hydrogens (tertiary/aromatic N) is 2. The van der Waals surface area contributed by atoms with Gasteiger partial charge in [-0.05, 0) is 24.5 Å². The first-order valence-electron chi connectivity index (χ1n) is 6.93. The van der Waals surface area contributed by atoms with Crippen molar-refractivity contribution in [3.8, 4) is 6.07 Å². The molecule has 4 nitrogen and oxygen atoms in total. The summed E-state index contributed by atoms with van der Waals surface area (Å²) in [5.41, 5.74) is 1.76. The summed E-state index contributed by atoms with van der Waals surface area (Å²) in [5.74, 6) is 0.882. The van der Waals surface area contributed by atoms with Gasteiger partial charge in [0.15, 0.2) is 0 Å². The highest BCUT2D eigenvalue weighted by molar-refractivity contribution is 5.47. The molecule has 0 aliphatic carbocycles. The van der Waals surface area contributed by atoms with Gasteiger partial charge in [0.25, 0.3) is 0 Å². The molecule has 0 saturated carbocycles. The number of hydrogen-bond acceptors (Lipinski definition) is 4. The van der Waals surface area contributed by atoms with Crippen LogP contribution in [-0.4, -0.2) is 25.2 Å². The number of ether oxygens (including phenoxy) is 1. The average Bonchev–Trinajstić information content (AvgIpc) is 2.45. The number of methoxy groups -OCH3 is 1. The van der Waals surface area contributed by atoms with E-state index in [2.05, 4.69) is 23.3 Å². The Morgan fingerprint density at radius 1 is 1.37 bits per heavy atom. The van der Waals surface area contributed by atoms with Crippen LogP contribution in [0.2, 0.25) is 0 Å². The second-order valence-electron chi connectivity index (χ2n) is 4.57. The third-order valence-corrected chi connectivity index (χ3v) is 2.99. The van der Waals surface area contributed by atoms with Crippen molar-refractivity contribution in [3.63, 3.8) is 0 Å². The zero-order valence-corrected chi connectivity index (χ0v) is 11.9. The first-order chi connectivity index (χ1) is 9.31. The predicted molar refractivity (Wildman–Crippen MR) is 77.2 cm³/mol. The summed E-state index contributed by atoms with van der Waals surface area (Å²) in [4.78, 5) is 4.33. The van der Waals surface area contributed by atoms with Crippen LogP contribution in [0.25, 0.3) is 0 Å². The summed E-state index contributed by atoms with van der Waals surface area (Å²) in [7, 11) is 1.68. The lowest BCUT2D eigenvalue weighted by Gasteiger charge is -2.11. The van der Waals surface area contributed by atoms with Crippen LogP contribution in [-0.2, 0) is 11.2 Å². The number of hydrogen-bond donors (Lipinski definition) is 1. The quantitative estimate of drug-likeness (QED) is 0.694. The maximum Gasteiger partial charge on any atom is 0.129 e. The third-order valence-electron chi connectivity index (χ3n) is 2.99. The Labute approximate surface area is 115 Å². The lowest BCUT2D eigenvalue weighted by molar-refractivity contribution is 0.210. The monoisotopic (exact) mass is 261 g/mol. The number of rotatable bonds is 9. The number of aromatic nitrogens is 1. The van der Waals surface area contributed by atoms with E-state index in [-0.39, 0.29) is 0 Å². The number of aryl methyl sites for hydroxylation is 1. The van der Waals surface area contributed by atoms with Crippen molar-refractivity contribution < 1.29 is 4.74 Å². The van der Waals surface area contributed by atoms with E-state index in [4.69, 9.17) is 10.00 Å². The lowest BCUT2D eigenvalue weighted by atomic mass is 10.1. The molecule has 4 heteroatoms. The Morgan fingerprint density at radius 2 is 2.21 bits per heavy atom. The van der Waals surface area contributed by atoms with Gasteiger partial charge in [-0.1, -0.05) is 26.2 Å². The van der Waals surface area contributed by atoms with Gasteiger partial charge >= 0.3 is 0 Å². The Balaban J connectivity index is 2.64. The molecule has 19 heavy (non-hydrogen) atoms. The minimum atomic E-state index is 0.628. The van der Waals surface area contributed by atoms with Gasteiger partial charge in [0.05, 0.1) is 12.2 Å². The van der Waals surface area contributed by atoms with Gasteiger partial charge in [-0.15, -0.1) is 0 Å². The topological polar surface area (TPSA) is 57.9 Å². The van der Waals surface area contributed by atoms with E-state index in [1.807, 2.05) is 6.07 Å². The highest BCUT2D eigenvalue weighted by atomic mass is 16.5. The van der Waals surface area contributed by atoms with Gasteiger partial charge in [0, 0.05) is 19.9 Å². The summed E-state index contributed by atoms with van der Waals surface area (Å²) < 4.78 is 5.02. The molecule has 0 aliphatic rings. The number of anilines is 1. The fourth-order valence-electron chi connectivity index (χ4n) is 1.93. The normalized spacial score (nSPS) is 10.2. The lowest BCUT2D eigenvalue weighted by Crippen LogP contribution is -2.11. The van der Waals surface area contributed by atoms with Gasteiger partial charge in [0.2, 0.25) is 0 Å². The molecular formula is C15H23N3O. The smallest absolute Gasteiger partial charge is 0.129 e. The molecular weight excluding hydrogens is 238 g/mol. The Morgan fingerprint density at radius 3 is 2.89 bits per heavy atom. The molecule has 0 unspecified atom stereocenters. The second-order valence-corrected chi connectivity index (χ2v) is 4.57. The third kappa shape index (κ3) is 5.71. The molecule has 0 saturated heterocycles. The van der Waals surface area contributed by atoms with Crippen molar-refractivity contribution >= 4 is 5.82 Å². The molecule has 1 aromatic heterocycles. The summed E-state index contributed by atoms with van der Waals surface area (Å²) >= 11 is 0. The summed E-state index contributed by atoms with van der Waals surface area (Å²) in [6.07, 6.45) is 7.45. The highest BCUT2D eigenvalue weighted by Gasteiger charge is 2.05. The van der Waals surface area contributed by atoms with Gasteiger partial charge in [0.1, 0.15) is 11.9 Å². The van der Waals surface area contributed by atoms with Crippen LogP contribution in [0.3, 0.4) is 0 Å². The van der Waals surface area contributed by atoms with E-state index in [0.29, 0.717) is 12.2 Å². The molecule has 0 amide bonds. The molecule has 1 aromatic rings. The molecule has 104 valence electrons. The predicted octanol–water partition coefficient (Wildman–Crippen LogP) is 3.13. The number of pyridine rings is 1. The fraction of sp³-hybridized carbons (Fsp3) is 0.600. The molecule has 0 atom stereocenters. The minimum Gasteiger partial charge on any atom is -0.383 e. The zero-order valence-electron chi connectivity index (χ0n) is 11.9. The van der Waals surface area contributed by atoms with Crippen LogP contribution in [0.1, 0.15) is 43.7 Å². The average molecular weight is 261 g/mol. The molecule has 0 fully saturated rings. The number of nitrogens with one attached hydrogen (secondary N) is 1. The summed E-state index contributed by atoms with van der Waals surface area (Å²) in [6, 6.07) is 4.09. The highest BCUT2D eigenvalue weighted by Crippen LogP contribution is 2.17. The van der Waals surface area contributed by atoms with Crippen molar-refractivity contribution in [1.29, 1.82) is 5.26 Å². The minimum absolute atomic E-state index is 0.628.